The van der Waals surface area contributed by atoms with Gasteiger partial charge in [-0.15, -0.1) is 0 Å². The van der Waals surface area contributed by atoms with Gasteiger partial charge in [-0.2, -0.15) is 0 Å². The van der Waals surface area contributed by atoms with Gasteiger partial charge >= 0.3 is 6.09 Å². The molecular formula is C23H32N2O3. The summed E-state index contributed by atoms with van der Waals surface area (Å²) in [6, 6.07) is 9.30. The van der Waals surface area contributed by atoms with Crippen LogP contribution in [0.25, 0.3) is 0 Å². The van der Waals surface area contributed by atoms with Gasteiger partial charge in [0.25, 0.3) is 0 Å². The van der Waals surface area contributed by atoms with Crippen molar-refractivity contribution in [3.63, 3.8) is 0 Å². The molecule has 2 heterocycles. The van der Waals surface area contributed by atoms with Crippen molar-refractivity contribution in [2.24, 2.45) is 5.92 Å². The maximum Gasteiger partial charge on any atom is 0.407 e. The van der Waals surface area contributed by atoms with Gasteiger partial charge in [-0.25, -0.2) is 4.79 Å². The molecule has 1 aromatic rings. The fourth-order valence-corrected chi connectivity index (χ4v) is 5.06. The van der Waals surface area contributed by atoms with Crippen LogP contribution in [-0.4, -0.2) is 41.6 Å². The molecule has 2 atom stereocenters. The number of benzene rings is 1. The predicted molar refractivity (Wildman–Crippen MR) is 108 cm³/mol. The zero-order chi connectivity index (χ0) is 20.1. The smallest absolute Gasteiger partial charge is 0.407 e. The van der Waals surface area contributed by atoms with Crippen molar-refractivity contribution in [2.45, 2.75) is 76.3 Å². The number of ether oxygens (including phenoxy) is 1. The number of hydrogen-bond donors (Lipinski definition) is 1. The van der Waals surface area contributed by atoms with Crippen LogP contribution in [0.1, 0.15) is 70.4 Å². The van der Waals surface area contributed by atoms with E-state index in [0.717, 1.165) is 19.4 Å². The van der Waals surface area contributed by atoms with E-state index >= 15 is 0 Å². The normalized spacial score (nSPS) is 32.6. The minimum atomic E-state index is -0.349. The number of amides is 2. The van der Waals surface area contributed by atoms with E-state index in [-0.39, 0.29) is 34.9 Å². The number of hydrogen-bond acceptors (Lipinski definition) is 3. The Morgan fingerprint density at radius 2 is 1.89 bits per heavy atom. The van der Waals surface area contributed by atoms with Crippen molar-refractivity contribution in [1.82, 2.24) is 10.2 Å². The van der Waals surface area contributed by atoms with Crippen molar-refractivity contribution in [3.8, 4) is 0 Å². The van der Waals surface area contributed by atoms with Gasteiger partial charge in [0.1, 0.15) is 6.61 Å². The van der Waals surface area contributed by atoms with Crippen molar-refractivity contribution in [2.75, 3.05) is 13.2 Å². The molecule has 0 radical (unpaired) electrons. The molecule has 2 saturated heterocycles. The van der Waals surface area contributed by atoms with Crippen LogP contribution in [0, 0.1) is 5.92 Å². The van der Waals surface area contributed by atoms with Crippen molar-refractivity contribution in [1.29, 1.82) is 0 Å². The standard InChI is InChI=1S/C23H32N2O3/c1-15-11-17(16-5-7-19(8-6-16)22(2,3)4)9-10-25(15)20(26)18-12-23(13-18)14-28-21(27)24-23/h5-8,15,17-18H,9-14H2,1-4H3,(H,24,27)/t15-,17+,18-,23+/m0/s1. The summed E-state index contributed by atoms with van der Waals surface area (Å²) in [6.07, 6.45) is 3.09. The zero-order valence-electron chi connectivity index (χ0n) is 17.5. The molecule has 2 amide bonds. The monoisotopic (exact) mass is 384 g/mol. The molecule has 3 aliphatic rings. The number of piperidine rings is 1. The molecule has 1 saturated carbocycles. The van der Waals surface area contributed by atoms with Gasteiger partial charge < -0.3 is 15.0 Å². The Hall–Kier alpha value is -2.04. The maximum absolute atomic E-state index is 13.0. The zero-order valence-corrected chi connectivity index (χ0v) is 17.5. The second kappa shape index (κ2) is 6.78. The fourth-order valence-electron chi connectivity index (χ4n) is 5.06. The van der Waals surface area contributed by atoms with Gasteiger partial charge in [-0.3, -0.25) is 4.79 Å². The molecule has 3 fully saturated rings. The molecule has 0 unspecified atom stereocenters. The van der Waals surface area contributed by atoms with E-state index in [2.05, 4.69) is 62.2 Å². The van der Waals surface area contributed by atoms with Crippen LogP contribution in [-0.2, 0) is 14.9 Å². The summed E-state index contributed by atoms with van der Waals surface area (Å²) in [5.74, 6) is 0.788. The predicted octanol–water partition coefficient (Wildman–Crippen LogP) is 3.97. The number of carbonyl (C=O) groups is 2. The molecule has 1 N–H and O–H groups in total. The molecule has 152 valence electrons. The molecule has 2 aliphatic heterocycles. The lowest BCUT2D eigenvalue weighted by atomic mass is 9.68. The Labute approximate surface area is 167 Å². The minimum absolute atomic E-state index is 0.0204. The third-order valence-electron chi connectivity index (χ3n) is 6.88. The minimum Gasteiger partial charge on any atom is -0.447 e. The van der Waals surface area contributed by atoms with Gasteiger partial charge in [0.15, 0.2) is 0 Å². The quantitative estimate of drug-likeness (QED) is 0.839. The lowest BCUT2D eigenvalue weighted by molar-refractivity contribution is -0.144. The molecule has 5 heteroatoms. The number of carbonyl (C=O) groups excluding carboxylic acids is 2. The second-order valence-corrected chi connectivity index (χ2v) is 10.1. The highest BCUT2D eigenvalue weighted by Gasteiger charge is 2.53. The Morgan fingerprint density at radius 3 is 2.43 bits per heavy atom. The number of rotatable bonds is 2. The molecule has 28 heavy (non-hydrogen) atoms. The lowest BCUT2D eigenvalue weighted by Crippen LogP contribution is -2.59. The van der Waals surface area contributed by atoms with Crippen molar-refractivity contribution in [3.05, 3.63) is 35.4 Å². The highest BCUT2D eigenvalue weighted by molar-refractivity contribution is 5.82. The van der Waals surface area contributed by atoms with Gasteiger partial charge in [0.05, 0.1) is 5.54 Å². The second-order valence-electron chi connectivity index (χ2n) is 10.1. The Balaban J connectivity index is 1.34. The fraction of sp³-hybridized carbons (Fsp3) is 0.652. The summed E-state index contributed by atoms with van der Waals surface area (Å²) >= 11 is 0. The molecule has 1 aromatic carbocycles. The molecule has 1 aliphatic carbocycles. The topological polar surface area (TPSA) is 58.6 Å². The largest absolute Gasteiger partial charge is 0.447 e. The molecule has 0 aromatic heterocycles. The van der Waals surface area contributed by atoms with E-state index in [9.17, 15) is 9.59 Å². The van der Waals surface area contributed by atoms with E-state index in [1.807, 2.05) is 0 Å². The van der Waals surface area contributed by atoms with E-state index in [0.29, 0.717) is 25.4 Å². The Morgan fingerprint density at radius 1 is 1.21 bits per heavy atom. The summed E-state index contributed by atoms with van der Waals surface area (Å²) in [7, 11) is 0. The van der Waals surface area contributed by atoms with E-state index < -0.39 is 0 Å². The lowest BCUT2D eigenvalue weighted by Gasteiger charge is -2.46. The van der Waals surface area contributed by atoms with Gasteiger partial charge in [0.2, 0.25) is 5.91 Å². The van der Waals surface area contributed by atoms with Crippen LogP contribution in [0.4, 0.5) is 4.79 Å². The van der Waals surface area contributed by atoms with E-state index in [1.54, 1.807) is 0 Å². The summed E-state index contributed by atoms with van der Waals surface area (Å²) in [4.78, 5) is 26.3. The van der Waals surface area contributed by atoms with Crippen LogP contribution in [0.2, 0.25) is 0 Å². The molecule has 4 rings (SSSR count). The van der Waals surface area contributed by atoms with Crippen molar-refractivity contribution >= 4 is 12.0 Å². The summed E-state index contributed by atoms with van der Waals surface area (Å²) in [5, 5.41) is 2.88. The first-order chi connectivity index (χ1) is 13.2. The van der Waals surface area contributed by atoms with Gasteiger partial charge in [-0.05, 0) is 55.1 Å². The van der Waals surface area contributed by atoms with Crippen LogP contribution >= 0.6 is 0 Å². The average Bonchev–Trinajstić information content (AvgIpc) is 3.01. The number of alkyl carbamates (subject to hydrolysis) is 1. The van der Waals surface area contributed by atoms with E-state index in [4.69, 9.17) is 4.74 Å². The van der Waals surface area contributed by atoms with Crippen molar-refractivity contribution < 1.29 is 14.3 Å². The van der Waals surface area contributed by atoms with Gasteiger partial charge in [0, 0.05) is 18.5 Å². The molecular weight excluding hydrogens is 352 g/mol. The van der Waals surface area contributed by atoms with Crippen LogP contribution in [0.15, 0.2) is 24.3 Å². The first-order valence-corrected chi connectivity index (χ1v) is 10.5. The van der Waals surface area contributed by atoms with Crippen LogP contribution in [0.5, 0.6) is 0 Å². The van der Waals surface area contributed by atoms with Crippen LogP contribution in [0.3, 0.4) is 0 Å². The number of cyclic esters (lactones) is 1. The SMILES string of the molecule is C[C@H]1C[C@H](c2ccc(C(C)(C)C)cc2)CCN1C(=O)[C@H]1C[C@]2(COC(=O)N2)C1. The summed E-state index contributed by atoms with van der Waals surface area (Å²) in [6.45, 7) is 10.1. The first-order valence-electron chi connectivity index (χ1n) is 10.5. The first kappa shape index (κ1) is 19.3. The number of nitrogens with one attached hydrogen (secondary N) is 1. The Kier molecular flexibility index (Phi) is 4.67. The third kappa shape index (κ3) is 3.51. The number of likely N-dealkylation sites (tertiary alicyclic amines) is 1. The third-order valence-corrected chi connectivity index (χ3v) is 6.88. The van der Waals surface area contributed by atoms with Gasteiger partial charge in [-0.1, -0.05) is 45.0 Å². The summed E-state index contributed by atoms with van der Waals surface area (Å²) in [5.41, 5.74) is 2.64. The molecule has 1 spiro atoms. The highest BCUT2D eigenvalue weighted by atomic mass is 16.6. The summed E-state index contributed by atoms with van der Waals surface area (Å²) < 4.78 is 5.02. The number of nitrogens with zero attached hydrogens (tertiary/aromatic N) is 1. The molecule has 0 bridgehead atoms. The Bertz CT molecular complexity index is 759. The van der Waals surface area contributed by atoms with Crippen LogP contribution < -0.4 is 5.32 Å². The highest BCUT2D eigenvalue weighted by Crippen LogP contribution is 2.43. The van der Waals surface area contributed by atoms with E-state index in [1.165, 1.54) is 11.1 Å². The average molecular weight is 385 g/mol. The molecule has 5 nitrogen and oxygen atoms in total. The maximum atomic E-state index is 13.0.